The molecule has 0 heterocycles. The Bertz CT molecular complexity index is 345. The van der Waals surface area contributed by atoms with Crippen molar-refractivity contribution in [2.24, 2.45) is 0 Å². The van der Waals surface area contributed by atoms with E-state index >= 15 is 0 Å². The molecule has 18 heavy (non-hydrogen) atoms. The van der Waals surface area contributed by atoms with Crippen LogP contribution in [-0.4, -0.2) is 46.6 Å². The molecule has 0 aliphatic heterocycles. The Balaban J connectivity index is 4.66. The van der Waals surface area contributed by atoms with Gasteiger partial charge in [0.25, 0.3) is 0 Å². The second-order valence-corrected chi connectivity index (χ2v) is 4.91. The minimum atomic E-state index is -1.00. The number of carboxylic acids is 1. The van der Waals surface area contributed by atoms with Gasteiger partial charge >= 0.3 is 5.97 Å². The van der Waals surface area contributed by atoms with Gasteiger partial charge in [0.15, 0.2) is 0 Å². The Labute approximate surface area is 109 Å². The van der Waals surface area contributed by atoms with E-state index in [1.807, 2.05) is 20.8 Å². The van der Waals surface area contributed by atoms with E-state index < -0.39 is 12.0 Å². The van der Waals surface area contributed by atoms with Gasteiger partial charge in [0.1, 0.15) is 0 Å². The summed E-state index contributed by atoms with van der Waals surface area (Å²) in [7, 11) is 0. The van der Waals surface area contributed by atoms with Gasteiger partial charge in [0.05, 0.1) is 19.1 Å². The molecule has 1 atom stereocenters. The highest BCUT2D eigenvalue weighted by Crippen LogP contribution is 2.08. The monoisotopic (exact) mass is 254 g/mol. The van der Waals surface area contributed by atoms with Gasteiger partial charge in [-0.15, -0.1) is 6.42 Å². The van der Waals surface area contributed by atoms with E-state index in [1.54, 1.807) is 6.92 Å². The Morgan fingerprint density at radius 1 is 1.50 bits per heavy atom. The van der Waals surface area contributed by atoms with Crippen LogP contribution in [-0.2, 0) is 9.59 Å². The van der Waals surface area contributed by atoms with Crippen LogP contribution in [0.15, 0.2) is 0 Å². The number of aliphatic carboxylic acids is 1. The summed E-state index contributed by atoms with van der Waals surface area (Å²) >= 11 is 0. The zero-order chi connectivity index (χ0) is 14.3. The summed E-state index contributed by atoms with van der Waals surface area (Å²) in [6.07, 6.45) is 5.97. The first-order valence-electron chi connectivity index (χ1n) is 5.94. The van der Waals surface area contributed by atoms with Gasteiger partial charge in [0.2, 0.25) is 5.91 Å². The molecule has 102 valence electrons. The number of terminal acetylenes is 1. The summed E-state index contributed by atoms with van der Waals surface area (Å²) < 4.78 is 0. The van der Waals surface area contributed by atoms with Crippen LogP contribution in [0, 0.1) is 12.3 Å². The van der Waals surface area contributed by atoms with Gasteiger partial charge in [0, 0.05) is 5.54 Å². The van der Waals surface area contributed by atoms with Crippen LogP contribution in [0.3, 0.4) is 0 Å². The average molecular weight is 254 g/mol. The van der Waals surface area contributed by atoms with Gasteiger partial charge in [-0.1, -0.05) is 12.8 Å². The van der Waals surface area contributed by atoms with Crippen molar-refractivity contribution >= 4 is 11.9 Å². The number of amides is 1. The molecule has 2 N–H and O–H groups in total. The van der Waals surface area contributed by atoms with E-state index in [0.717, 1.165) is 6.42 Å². The zero-order valence-electron chi connectivity index (χ0n) is 11.5. The highest BCUT2D eigenvalue weighted by atomic mass is 16.4. The molecule has 0 saturated heterocycles. The molecule has 0 saturated carbocycles. The largest absolute Gasteiger partial charge is 0.480 e. The first kappa shape index (κ1) is 16.5. The lowest BCUT2D eigenvalue weighted by atomic mass is 10.0. The van der Waals surface area contributed by atoms with Crippen LogP contribution in [0.5, 0.6) is 0 Å². The first-order chi connectivity index (χ1) is 8.23. The molecule has 0 aromatic heterocycles. The molecular formula is C13H22N2O3. The third-order valence-electron chi connectivity index (χ3n) is 2.91. The second kappa shape index (κ2) is 7.02. The lowest BCUT2D eigenvalue weighted by molar-refractivity contribution is -0.139. The Kier molecular flexibility index (Phi) is 6.42. The van der Waals surface area contributed by atoms with Crippen molar-refractivity contribution in [3.8, 4) is 12.3 Å². The van der Waals surface area contributed by atoms with Crippen LogP contribution in [0.4, 0.5) is 0 Å². The highest BCUT2D eigenvalue weighted by Gasteiger charge is 2.26. The van der Waals surface area contributed by atoms with Crippen molar-refractivity contribution in [3.05, 3.63) is 0 Å². The smallest absolute Gasteiger partial charge is 0.317 e. The van der Waals surface area contributed by atoms with E-state index in [2.05, 4.69) is 11.2 Å². The summed E-state index contributed by atoms with van der Waals surface area (Å²) in [5, 5.41) is 11.7. The predicted molar refractivity (Wildman–Crippen MR) is 70.0 cm³/mol. The van der Waals surface area contributed by atoms with Crippen LogP contribution in [0.2, 0.25) is 0 Å². The molecule has 0 bridgehead atoms. The van der Waals surface area contributed by atoms with Gasteiger partial charge in [-0.2, -0.15) is 0 Å². The Hall–Kier alpha value is -1.54. The molecule has 1 amide bonds. The SMILES string of the molecule is C#CCN(CC(=O)O)C(C)C(=O)NC(C)(C)CC. The molecule has 0 spiro atoms. The predicted octanol–water partition coefficient (Wildman–Crippen LogP) is 0.700. The molecule has 0 radical (unpaired) electrons. The number of hydrogen-bond donors (Lipinski definition) is 2. The lowest BCUT2D eigenvalue weighted by Crippen LogP contribution is -2.52. The quantitative estimate of drug-likeness (QED) is 0.656. The maximum Gasteiger partial charge on any atom is 0.317 e. The zero-order valence-corrected chi connectivity index (χ0v) is 11.5. The van der Waals surface area contributed by atoms with Crippen LogP contribution in [0.25, 0.3) is 0 Å². The molecular weight excluding hydrogens is 232 g/mol. The molecule has 5 nitrogen and oxygen atoms in total. The fourth-order valence-corrected chi connectivity index (χ4v) is 1.31. The Morgan fingerprint density at radius 3 is 2.44 bits per heavy atom. The number of carbonyl (C=O) groups is 2. The van der Waals surface area contributed by atoms with Crippen molar-refractivity contribution < 1.29 is 14.7 Å². The number of hydrogen-bond acceptors (Lipinski definition) is 3. The molecule has 0 aromatic carbocycles. The molecule has 0 fully saturated rings. The van der Waals surface area contributed by atoms with E-state index in [4.69, 9.17) is 11.5 Å². The minimum absolute atomic E-state index is 0.132. The summed E-state index contributed by atoms with van der Waals surface area (Å²) in [4.78, 5) is 24.2. The minimum Gasteiger partial charge on any atom is -0.480 e. The summed E-state index contributed by atoms with van der Waals surface area (Å²) in [5.74, 6) is 1.16. The topological polar surface area (TPSA) is 69.6 Å². The van der Waals surface area contributed by atoms with E-state index in [1.165, 1.54) is 4.90 Å². The maximum atomic E-state index is 12.0. The van der Waals surface area contributed by atoms with Crippen LogP contribution >= 0.6 is 0 Å². The number of rotatable bonds is 7. The number of nitrogens with zero attached hydrogens (tertiary/aromatic N) is 1. The normalized spacial score (nSPS) is 12.9. The van der Waals surface area contributed by atoms with Crippen molar-refractivity contribution in [2.75, 3.05) is 13.1 Å². The standard InChI is InChI=1S/C13H22N2O3/c1-6-8-15(9-11(16)17)10(3)12(18)14-13(4,5)7-2/h1,10H,7-9H2,2-5H3,(H,14,18)(H,16,17). The van der Waals surface area contributed by atoms with Crippen molar-refractivity contribution in [1.82, 2.24) is 10.2 Å². The number of carboxylic acid groups (broad SMARTS) is 1. The second-order valence-electron chi connectivity index (χ2n) is 4.91. The summed E-state index contributed by atoms with van der Waals surface area (Å²) in [6, 6.07) is -0.567. The average Bonchev–Trinajstić information content (AvgIpc) is 2.26. The summed E-state index contributed by atoms with van der Waals surface area (Å²) in [5.41, 5.74) is -0.309. The van der Waals surface area contributed by atoms with E-state index in [9.17, 15) is 9.59 Å². The van der Waals surface area contributed by atoms with Crippen LogP contribution < -0.4 is 5.32 Å². The number of carbonyl (C=O) groups excluding carboxylic acids is 1. The molecule has 0 aromatic rings. The molecule has 0 aliphatic rings. The van der Waals surface area contributed by atoms with Gasteiger partial charge in [-0.25, -0.2) is 0 Å². The van der Waals surface area contributed by atoms with Gasteiger partial charge < -0.3 is 10.4 Å². The van der Waals surface area contributed by atoms with E-state index in [-0.39, 0.29) is 24.5 Å². The van der Waals surface area contributed by atoms with Crippen molar-refractivity contribution in [1.29, 1.82) is 0 Å². The van der Waals surface area contributed by atoms with E-state index in [0.29, 0.717) is 0 Å². The third kappa shape index (κ3) is 5.69. The fraction of sp³-hybridized carbons (Fsp3) is 0.692. The molecule has 1 unspecified atom stereocenters. The fourth-order valence-electron chi connectivity index (χ4n) is 1.31. The molecule has 0 rings (SSSR count). The highest BCUT2D eigenvalue weighted by molar-refractivity contribution is 5.82. The third-order valence-corrected chi connectivity index (χ3v) is 2.91. The Morgan fingerprint density at radius 2 is 2.06 bits per heavy atom. The molecule has 0 aliphatic carbocycles. The number of nitrogens with one attached hydrogen (secondary N) is 1. The van der Waals surface area contributed by atoms with Crippen molar-refractivity contribution in [2.45, 2.75) is 45.7 Å². The van der Waals surface area contributed by atoms with Crippen LogP contribution in [0.1, 0.15) is 34.1 Å². The van der Waals surface area contributed by atoms with Gasteiger partial charge in [-0.05, 0) is 27.2 Å². The molecule has 5 heteroatoms. The maximum absolute atomic E-state index is 12.0. The summed E-state index contributed by atoms with van der Waals surface area (Å²) in [6.45, 7) is 7.35. The lowest BCUT2D eigenvalue weighted by Gasteiger charge is -2.30. The van der Waals surface area contributed by atoms with Gasteiger partial charge in [-0.3, -0.25) is 14.5 Å². The van der Waals surface area contributed by atoms with Crippen molar-refractivity contribution in [3.63, 3.8) is 0 Å². The first-order valence-corrected chi connectivity index (χ1v) is 5.94.